The molecule has 2 amide bonds. The van der Waals surface area contributed by atoms with Crippen LogP contribution in [0.2, 0.25) is 0 Å². The number of rotatable bonds is 8. The number of carbonyl (C=O) groups excluding carboxylic acids is 1. The van der Waals surface area contributed by atoms with Crippen molar-refractivity contribution in [3.63, 3.8) is 0 Å². The molecule has 5 nitrogen and oxygen atoms in total. The SMILES string of the molecule is CCCCCC(C)NC(=O)NCc1ccnc(OC)c1. The molecule has 0 saturated carbocycles. The van der Waals surface area contributed by atoms with Gasteiger partial charge in [-0.25, -0.2) is 9.78 Å². The number of carbonyl (C=O) groups is 1. The number of hydrogen-bond acceptors (Lipinski definition) is 3. The number of hydrogen-bond donors (Lipinski definition) is 2. The summed E-state index contributed by atoms with van der Waals surface area (Å²) in [6.07, 6.45) is 6.25. The first-order valence-electron chi connectivity index (χ1n) is 7.19. The molecule has 1 unspecified atom stereocenters. The normalized spacial score (nSPS) is 11.8. The van der Waals surface area contributed by atoms with Gasteiger partial charge in [-0.2, -0.15) is 0 Å². The average Bonchev–Trinajstić information content (AvgIpc) is 2.45. The van der Waals surface area contributed by atoms with Crippen molar-refractivity contribution >= 4 is 6.03 Å². The van der Waals surface area contributed by atoms with E-state index in [0.29, 0.717) is 12.4 Å². The van der Waals surface area contributed by atoms with Crippen molar-refractivity contribution < 1.29 is 9.53 Å². The van der Waals surface area contributed by atoms with Crippen LogP contribution in [0.4, 0.5) is 4.79 Å². The summed E-state index contributed by atoms with van der Waals surface area (Å²) in [5.74, 6) is 0.553. The van der Waals surface area contributed by atoms with E-state index in [0.717, 1.165) is 18.4 Å². The topological polar surface area (TPSA) is 63.2 Å². The minimum absolute atomic E-state index is 0.134. The van der Waals surface area contributed by atoms with Crippen LogP contribution < -0.4 is 15.4 Å². The van der Waals surface area contributed by atoms with Crippen LogP contribution in [0.3, 0.4) is 0 Å². The summed E-state index contributed by atoms with van der Waals surface area (Å²) in [5, 5.41) is 5.78. The van der Waals surface area contributed by atoms with Crippen molar-refractivity contribution in [1.82, 2.24) is 15.6 Å². The molecule has 0 aliphatic heterocycles. The number of nitrogens with zero attached hydrogens (tertiary/aromatic N) is 1. The Morgan fingerprint density at radius 1 is 1.45 bits per heavy atom. The van der Waals surface area contributed by atoms with Gasteiger partial charge >= 0.3 is 6.03 Å². The summed E-state index contributed by atoms with van der Waals surface area (Å²) >= 11 is 0. The molecule has 20 heavy (non-hydrogen) atoms. The summed E-state index contributed by atoms with van der Waals surface area (Å²) in [6, 6.07) is 3.73. The Kier molecular flexibility index (Phi) is 7.47. The van der Waals surface area contributed by atoms with Crippen molar-refractivity contribution in [1.29, 1.82) is 0 Å². The smallest absolute Gasteiger partial charge is 0.315 e. The number of nitrogens with one attached hydrogen (secondary N) is 2. The Morgan fingerprint density at radius 2 is 2.25 bits per heavy atom. The van der Waals surface area contributed by atoms with Crippen molar-refractivity contribution in [2.75, 3.05) is 7.11 Å². The molecule has 0 bridgehead atoms. The van der Waals surface area contributed by atoms with Crippen LogP contribution in [0.1, 0.15) is 45.1 Å². The van der Waals surface area contributed by atoms with Gasteiger partial charge in [0.2, 0.25) is 5.88 Å². The second-order valence-corrected chi connectivity index (χ2v) is 4.93. The van der Waals surface area contributed by atoms with Crippen LogP contribution in [-0.2, 0) is 6.54 Å². The highest BCUT2D eigenvalue weighted by Gasteiger charge is 2.06. The standard InChI is InChI=1S/C15H25N3O2/c1-4-5-6-7-12(2)18-15(19)17-11-13-8-9-16-14(10-13)20-3/h8-10,12H,4-7,11H2,1-3H3,(H2,17,18,19). The third-order valence-corrected chi connectivity index (χ3v) is 3.08. The lowest BCUT2D eigenvalue weighted by Crippen LogP contribution is -2.40. The zero-order valence-corrected chi connectivity index (χ0v) is 12.6. The van der Waals surface area contributed by atoms with Gasteiger partial charge in [0.05, 0.1) is 7.11 Å². The molecular formula is C15H25N3O2. The maximum Gasteiger partial charge on any atom is 0.315 e. The van der Waals surface area contributed by atoms with Crippen LogP contribution in [0.25, 0.3) is 0 Å². The van der Waals surface area contributed by atoms with Gasteiger partial charge in [-0.05, 0) is 25.0 Å². The number of ether oxygens (including phenoxy) is 1. The Bertz CT molecular complexity index is 410. The monoisotopic (exact) mass is 279 g/mol. The van der Waals surface area contributed by atoms with Crippen LogP contribution >= 0.6 is 0 Å². The first kappa shape index (κ1) is 16.3. The van der Waals surface area contributed by atoms with E-state index in [4.69, 9.17) is 4.74 Å². The predicted octanol–water partition coefficient (Wildman–Crippen LogP) is 2.86. The summed E-state index contributed by atoms with van der Waals surface area (Å²) in [7, 11) is 1.57. The van der Waals surface area contributed by atoms with Crippen molar-refractivity contribution in [3.05, 3.63) is 23.9 Å². The van der Waals surface area contributed by atoms with Crippen molar-refractivity contribution in [3.8, 4) is 5.88 Å². The van der Waals surface area contributed by atoms with Gasteiger partial charge in [0.1, 0.15) is 0 Å². The third-order valence-electron chi connectivity index (χ3n) is 3.08. The average molecular weight is 279 g/mol. The molecule has 1 rings (SSSR count). The zero-order chi connectivity index (χ0) is 14.8. The first-order chi connectivity index (χ1) is 9.65. The van der Waals surface area contributed by atoms with Gasteiger partial charge in [-0.1, -0.05) is 26.2 Å². The Labute approximate surface area is 121 Å². The number of unbranched alkanes of at least 4 members (excludes halogenated alkanes) is 2. The Morgan fingerprint density at radius 3 is 2.95 bits per heavy atom. The second-order valence-electron chi connectivity index (χ2n) is 4.93. The van der Waals surface area contributed by atoms with Gasteiger partial charge in [-0.15, -0.1) is 0 Å². The predicted molar refractivity (Wildman–Crippen MR) is 79.8 cm³/mol. The molecule has 0 aromatic carbocycles. The summed E-state index contributed by atoms with van der Waals surface area (Å²) < 4.78 is 5.04. The lowest BCUT2D eigenvalue weighted by Gasteiger charge is -2.14. The maximum atomic E-state index is 11.7. The second kappa shape index (κ2) is 9.18. The minimum atomic E-state index is -0.134. The fraction of sp³-hybridized carbons (Fsp3) is 0.600. The van der Waals surface area contributed by atoms with Crippen LogP contribution in [0.15, 0.2) is 18.3 Å². The molecule has 1 atom stereocenters. The summed E-state index contributed by atoms with van der Waals surface area (Å²) in [5.41, 5.74) is 0.964. The molecule has 5 heteroatoms. The number of methoxy groups -OCH3 is 1. The quantitative estimate of drug-likeness (QED) is 0.719. The van der Waals surface area contributed by atoms with Gasteiger partial charge in [0.25, 0.3) is 0 Å². The van der Waals surface area contributed by atoms with Gasteiger partial charge in [0.15, 0.2) is 0 Å². The number of urea groups is 1. The highest BCUT2D eigenvalue weighted by atomic mass is 16.5. The van der Waals surface area contributed by atoms with Gasteiger partial charge < -0.3 is 15.4 Å². The van der Waals surface area contributed by atoms with E-state index in [1.165, 1.54) is 12.8 Å². The highest BCUT2D eigenvalue weighted by molar-refractivity contribution is 5.74. The first-order valence-corrected chi connectivity index (χ1v) is 7.19. The number of amides is 2. The van der Waals surface area contributed by atoms with Gasteiger partial charge in [0, 0.05) is 24.8 Å². The zero-order valence-electron chi connectivity index (χ0n) is 12.6. The molecule has 0 radical (unpaired) electrons. The van der Waals surface area contributed by atoms with Crippen molar-refractivity contribution in [2.45, 2.75) is 52.1 Å². The fourth-order valence-electron chi connectivity index (χ4n) is 1.90. The van der Waals surface area contributed by atoms with Gasteiger partial charge in [-0.3, -0.25) is 0 Å². The van der Waals surface area contributed by atoms with E-state index in [2.05, 4.69) is 22.5 Å². The van der Waals surface area contributed by atoms with E-state index in [-0.39, 0.29) is 12.1 Å². The molecule has 1 aromatic rings. The minimum Gasteiger partial charge on any atom is -0.481 e. The van der Waals surface area contributed by atoms with E-state index in [9.17, 15) is 4.79 Å². The number of aromatic nitrogens is 1. The largest absolute Gasteiger partial charge is 0.481 e. The van der Waals surface area contributed by atoms with E-state index < -0.39 is 0 Å². The third kappa shape index (κ3) is 6.41. The molecule has 112 valence electrons. The molecule has 0 aliphatic carbocycles. The summed E-state index contributed by atoms with van der Waals surface area (Å²) in [4.78, 5) is 15.8. The van der Waals surface area contributed by atoms with E-state index in [1.807, 2.05) is 19.1 Å². The van der Waals surface area contributed by atoms with E-state index >= 15 is 0 Å². The molecule has 0 fully saturated rings. The van der Waals surface area contributed by atoms with Crippen LogP contribution in [0, 0.1) is 0 Å². The van der Waals surface area contributed by atoms with Crippen LogP contribution in [0.5, 0.6) is 5.88 Å². The molecule has 1 heterocycles. The molecule has 0 saturated heterocycles. The molecule has 2 N–H and O–H groups in total. The molecule has 0 spiro atoms. The Balaban J connectivity index is 2.28. The lowest BCUT2D eigenvalue weighted by atomic mass is 10.1. The lowest BCUT2D eigenvalue weighted by molar-refractivity contribution is 0.236. The molecule has 0 aliphatic rings. The van der Waals surface area contributed by atoms with E-state index in [1.54, 1.807) is 13.3 Å². The fourth-order valence-corrected chi connectivity index (χ4v) is 1.90. The number of pyridine rings is 1. The Hall–Kier alpha value is -1.78. The molecule has 1 aromatic heterocycles. The van der Waals surface area contributed by atoms with Crippen LogP contribution in [-0.4, -0.2) is 24.2 Å². The van der Waals surface area contributed by atoms with Crippen molar-refractivity contribution in [2.24, 2.45) is 0 Å². The molecular weight excluding hydrogens is 254 g/mol. The highest BCUT2D eigenvalue weighted by Crippen LogP contribution is 2.08. The maximum absolute atomic E-state index is 11.7. The summed E-state index contributed by atoms with van der Waals surface area (Å²) in [6.45, 7) is 4.67.